The minimum absolute atomic E-state index is 0.512. The summed E-state index contributed by atoms with van der Waals surface area (Å²) >= 11 is 0. The van der Waals surface area contributed by atoms with E-state index in [-0.39, 0.29) is 0 Å². The summed E-state index contributed by atoms with van der Waals surface area (Å²) in [4.78, 5) is 0. The molecule has 1 rings (SSSR count). The zero-order chi connectivity index (χ0) is 14.6. The predicted molar refractivity (Wildman–Crippen MR) is 91.7 cm³/mol. The van der Waals surface area contributed by atoms with Crippen molar-refractivity contribution in [1.82, 2.24) is 0 Å². The molecule has 1 saturated heterocycles. The van der Waals surface area contributed by atoms with Crippen LogP contribution in [0.3, 0.4) is 0 Å². The van der Waals surface area contributed by atoms with E-state index in [1.165, 1.54) is 83.5 Å². The van der Waals surface area contributed by atoms with Gasteiger partial charge in [-0.2, -0.15) is 0 Å². The number of rotatable bonds is 12. The van der Waals surface area contributed by atoms with Crippen LogP contribution in [0.25, 0.3) is 0 Å². The molecule has 3 atom stereocenters. The van der Waals surface area contributed by atoms with Crippen molar-refractivity contribution in [1.29, 1.82) is 0 Å². The van der Waals surface area contributed by atoms with Crippen LogP contribution < -0.4 is 0 Å². The summed E-state index contributed by atoms with van der Waals surface area (Å²) in [7, 11) is -0.512. The quantitative estimate of drug-likeness (QED) is 0.405. The third-order valence-electron chi connectivity index (χ3n) is 4.80. The molecular formula is C18H36OS. The Balaban J connectivity index is 1.87. The van der Waals surface area contributed by atoms with Crippen LogP contribution in [-0.2, 0) is 10.8 Å². The zero-order valence-corrected chi connectivity index (χ0v) is 14.7. The fourth-order valence-corrected chi connectivity index (χ4v) is 5.37. The Hall–Kier alpha value is 0.150. The van der Waals surface area contributed by atoms with E-state index in [4.69, 9.17) is 0 Å². The molecule has 0 saturated carbocycles. The normalized spacial score (nSPS) is 26.2. The lowest BCUT2D eigenvalue weighted by atomic mass is 10.0. The Morgan fingerprint density at radius 1 is 0.750 bits per heavy atom. The molecule has 0 amide bonds. The molecule has 120 valence electrons. The first-order valence-electron chi connectivity index (χ1n) is 9.19. The van der Waals surface area contributed by atoms with Crippen LogP contribution in [0.15, 0.2) is 0 Å². The summed E-state index contributed by atoms with van der Waals surface area (Å²) in [5, 5.41) is 1.05. The fraction of sp³-hybridized carbons (Fsp3) is 1.00. The zero-order valence-electron chi connectivity index (χ0n) is 13.9. The Morgan fingerprint density at radius 2 is 1.25 bits per heavy atom. The second kappa shape index (κ2) is 11.8. The molecule has 1 nitrogen and oxygen atoms in total. The summed E-state index contributed by atoms with van der Waals surface area (Å²) in [6.07, 6.45) is 18.7. The third kappa shape index (κ3) is 7.24. The largest absolute Gasteiger partial charge is 0.259 e. The van der Waals surface area contributed by atoms with Gasteiger partial charge in [0.2, 0.25) is 0 Å². The Kier molecular flexibility index (Phi) is 10.7. The summed E-state index contributed by atoms with van der Waals surface area (Å²) < 4.78 is 12.1. The SMILES string of the molecule is CCCCCCCCCCCCC1CCC(CC)S1=O. The Bertz CT molecular complexity index is 252. The van der Waals surface area contributed by atoms with Crippen LogP contribution in [0.4, 0.5) is 0 Å². The van der Waals surface area contributed by atoms with Gasteiger partial charge in [0.1, 0.15) is 0 Å². The second-order valence-corrected chi connectivity index (χ2v) is 8.52. The summed E-state index contributed by atoms with van der Waals surface area (Å²) in [6.45, 7) is 4.46. The van der Waals surface area contributed by atoms with E-state index in [1.54, 1.807) is 0 Å². The van der Waals surface area contributed by atoms with Crippen molar-refractivity contribution in [2.75, 3.05) is 0 Å². The van der Waals surface area contributed by atoms with Crippen LogP contribution in [0.1, 0.15) is 104 Å². The van der Waals surface area contributed by atoms with Crippen LogP contribution in [0.5, 0.6) is 0 Å². The molecule has 20 heavy (non-hydrogen) atoms. The van der Waals surface area contributed by atoms with E-state index < -0.39 is 10.8 Å². The summed E-state index contributed by atoms with van der Waals surface area (Å²) in [5.41, 5.74) is 0. The summed E-state index contributed by atoms with van der Waals surface area (Å²) in [5.74, 6) is 0. The van der Waals surface area contributed by atoms with Gasteiger partial charge in [-0.3, -0.25) is 4.21 Å². The molecule has 0 aliphatic carbocycles. The number of hydrogen-bond donors (Lipinski definition) is 0. The van der Waals surface area contributed by atoms with Crippen molar-refractivity contribution < 1.29 is 4.21 Å². The maximum Gasteiger partial charge on any atom is 0.0351 e. The lowest BCUT2D eigenvalue weighted by molar-refractivity contribution is 0.542. The van der Waals surface area contributed by atoms with Gasteiger partial charge in [0, 0.05) is 21.3 Å². The molecule has 0 aromatic carbocycles. The van der Waals surface area contributed by atoms with Crippen molar-refractivity contribution in [3.05, 3.63) is 0 Å². The molecule has 1 fully saturated rings. The molecule has 0 N–H and O–H groups in total. The predicted octanol–water partition coefficient (Wildman–Crippen LogP) is 5.99. The van der Waals surface area contributed by atoms with Crippen molar-refractivity contribution in [3.63, 3.8) is 0 Å². The van der Waals surface area contributed by atoms with Gasteiger partial charge in [-0.25, -0.2) is 0 Å². The van der Waals surface area contributed by atoms with Crippen LogP contribution in [0.2, 0.25) is 0 Å². The standard InChI is InChI=1S/C18H36OS/c1-3-5-6-7-8-9-10-11-12-13-14-18-16-15-17(4-2)20(18)19/h17-18H,3-16H2,1-2H3. The van der Waals surface area contributed by atoms with Gasteiger partial charge in [-0.05, 0) is 25.7 Å². The monoisotopic (exact) mass is 300 g/mol. The number of unbranched alkanes of at least 4 members (excludes halogenated alkanes) is 9. The van der Waals surface area contributed by atoms with Crippen LogP contribution in [0, 0.1) is 0 Å². The van der Waals surface area contributed by atoms with Crippen molar-refractivity contribution in [3.8, 4) is 0 Å². The van der Waals surface area contributed by atoms with E-state index in [9.17, 15) is 4.21 Å². The lowest BCUT2D eigenvalue weighted by Gasteiger charge is -2.10. The van der Waals surface area contributed by atoms with Gasteiger partial charge >= 0.3 is 0 Å². The van der Waals surface area contributed by atoms with E-state index in [1.807, 2.05) is 0 Å². The first kappa shape index (κ1) is 18.2. The third-order valence-corrected chi connectivity index (χ3v) is 7.16. The first-order valence-corrected chi connectivity index (χ1v) is 10.5. The van der Waals surface area contributed by atoms with Gasteiger partial charge in [0.25, 0.3) is 0 Å². The van der Waals surface area contributed by atoms with Gasteiger partial charge in [0.15, 0.2) is 0 Å². The molecule has 0 spiro atoms. The van der Waals surface area contributed by atoms with Gasteiger partial charge in [0.05, 0.1) is 0 Å². The Morgan fingerprint density at radius 3 is 1.75 bits per heavy atom. The average molecular weight is 301 g/mol. The molecule has 0 aromatic rings. The molecule has 0 aromatic heterocycles. The number of hydrogen-bond acceptors (Lipinski definition) is 1. The van der Waals surface area contributed by atoms with Crippen molar-refractivity contribution >= 4 is 10.8 Å². The molecule has 3 unspecified atom stereocenters. The minimum Gasteiger partial charge on any atom is -0.259 e. The highest BCUT2D eigenvalue weighted by molar-refractivity contribution is 7.86. The molecular weight excluding hydrogens is 264 g/mol. The molecule has 0 bridgehead atoms. The van der Waals surface area contributed by atoms with Gasteiger partial charge < -0.3 is 0 Å². The molecule has 1 heterocycles. The first-order chi connectivity index (χ1) is 9.79. The summed E-state index contributed by atoms with van der Waals surface area (Å²) in [6, 6.07) is 0. The fourth-order valence-electron chi connectivity index (χ4n) is 3.36. The maximum absolute atomic E-state index is 12.1. The highest BCUT2D eigenvalue weighted by Gasteiger charge is 2.30. The van der Waals surface area contributed by atoms with Crippen molar-refractivity contribution in [2.24, 2.45) is 0 Å². The van der Waals surface area contributed by atoms with E-state index in [2.05, 4.69) is 13.8 Å². The minimum atomic E-state index is -0.512. The van der Waals surface area contributed by atoms with Crippen LogP contribution >= 0.6 is 0 Å². The van der Waals surface area contributed by atoms with Crippen LogP contribution in [-0.4, -0.2) is 14.7 Å². The lowest BCUT2D eigenvalue weighted by Crippen LogP contribution is -2.14. The molecule has 1 aliphatic rings. The molecule has 1 aliphatic heterocycles. The topological polar surface area (TPSA) is 17.1 Å². The average Bonchev–Trinajstić information content (AvgIpc) is 2.81. The highest BCUT2D eigenvalue weighted by Crippen LogP contribution is 2.29. The van der Waals surface area contributed by atoms with E-state index >= 15 is 0 Å². The van der Waals surface area contributed by atoms with E-state index in [0.29, 0.717) is 10.5 Å². The van der Waals surface area contributed by atoms with Gasteiger partial charge in [-0.15, -0.1) is 0 Å². The second-order valence-electron chi connectivity index (χ2n) is 6.53. The molecule has 2 heteroatoms. The van der Waals surface area contributed by atoms with Crippen molar-refractivity contribution in [2.45, 2.75) is 114 Å². The van der Waals surface area contributed by atoms with Gasteiger partial charge in [-0.1, -0.05) is 78.1 Å². The smallest absolute Gasteiger partial charge is 0.0351 e. The molecule has 0 radical (unpaired) electrons. The van der Waals surface area contributed by atoms with E-state index in [0.717, 1.165) is 6.42 Å². The Labute approximate surface area is 129 Å². The highest BCUT2D eigenvalue weighted by atomic mass is 32.2. The maximum atomic E-state index is 12.1.